The molecule has 6 nitrogen and oxygen atoms in total. The first-order valence-corrected chi connectivity index (χ1v) is 6.75. The van der Waals surface area contributed by atoms with E-state index in [1.807, 2.05) is 29.9 Å². The van der Waals surface area contributed by atoms with Crippen molar-refractivity contribution in [2.24, 2.45) is 7.05 Å². The second-order valence-electron chi connectivity index (χ2n) is 4.97. The molecule has 1 aliphatic rings. The highest BCUT2D eigenvalue weighted by Crippen LogP contribution is 2.32. The molecule has 0 spiro atoms. The smallest absolute Gasteiger partial charge is 0.345 e. The number of carboxylic acid groups (broad SMARTS) is 1. The molecule has 0 radical (unpaired) electrons. The normalized spacial score (nSPS) is 16.3. The van der Waals surface area contributed by atoms with Crippen LogP contribution in [0.1, 0.15) is 11.4 Å². The van der Waals surface area contributed by atoms with Gasteiger partial charge in [0.15, 0.2) is 6.10 Å². The van der Waals surface area contributed by atoms with Crippen molar-refractivity contribution in [3.63, 3.8) is 0 Å². The number of imidazole rings is 1. The Hall–Kier alpha value is -2.50. The summed E-state index contributed by atoms with van der Waals surface area (Å²) in [6, 6.07) is 5.44. The van der Waals surface area contributed by atoms with Crippen molar-refractivity contribution in [3.8, 4) is 11.5 Å². The minimum absolute atomic E-state index is 0.401. The fraction of sp³-hybridized carbons (Fsp3) is 0.333. The van der Waals surface area contributed by atoms with Crippen LogP contribution in [0.3, 0.4) is 0 Å². The summed E-state index contributed by atoms with van der Waals surface area (Å²) in [6.07, 6.45) is 3.97. The van der Waals surface area contributed by atoms with Crippen molar-refractivity contribution < 1.29 is 19.4 Å². The van der Waals surface area contributed by atoms with Crippen LogP contribution in [-0.2, 0) is 24.7 Å². The van der Waals surface area contributed by atoms with Crippen molar-refractivity contribution >= 4 is 5.97 Å². The molecule has 0 bridgehead atoms. The minimum Gasteiger partial charge on any atom is -0.493 e. The first-order chi connectivity index (χ1) is 10.1. The average Bonchev–Trinajstić information content (AvgIpc) is 3.05. The SMILES string of the molecule is Cn1ccnc1CCOc1ccc2c(c1)OC(C(=O)O)C2. The number of fused-ring (bicyclic) bond motifs is 1. The van der Waals surface area contributed by atoms with E-state index in [0.717, 1.165) is 11.4 Å². The first-order valence-electron chi connectivity index (χ1n) is 6.75. The maximum Gasteiger partial charge on any atom is 0.345 e. The lowest BCUT2D eigenvalue weighted by molar-refractivity contribution is -0.144. The molecular weight excluding hydrogens is 272 g/mol. The summed E-state index contributed by atoms with van der Waals surface area (Å²) in [5.74, 6) is 1.28. The van der Waals surface area contributed by atoms with Crippen LogP contribution in [0.5, 0.6) is 11.5 Å². The van der Waals surface area contributed by atoms with Gasteiger partial charge in [0.2, 0.25) is 0 Å². The maximum absolute atomic E-state index is 10.9. The van der Waals surface area contributed by atoms with E-state index in [1.54, 1.807) is 12.3 Å². The number of aromatic nitrogens is 2. The number of benzene rings is 1. The van der Waals surface area contributed by atoms with E-state index in [4.69, 9.17) is 14.6 Å². The van der Waals surface area contributed by atoms with Crippen LogP contribution in [0.2, 0.25) is 0 Å². The summed E-state index contributed by atoms with van der Waals surface area (Å²) in [6.45, 7) is 0.506. The monoisotopic (exact) mass is 288 g/mol. The minimum atomic E-state index is -0.941. The second-order valence-corrected chi connectivity index (χ2v) is 4.97. The van der Waals surface area contributed by atoms with Crippen LogP contribution in [0.15, 0.2) is 30.6 Å². The predicted octanol–water partition coefficient (Wildman–Crippen LogP) is 1.43. The lowest BCUT2D eigenvalue weighted by Gasteiger charge is -2.08. The topological polar surface area (TPSA) is 73.6 Å². The molecule has 2 aromatic rings. The largest absolute Gasteiger partial charge is 0.493 e. The molecule has 1 aromatic carbocycles. The second kappa shape index (κ2) is 5.47. The highest BCUT2D eigenvalue weighted by Gasteiger charge is 2.28. The molecule has 0 saturated carbocycles. The fourth-order valence-electron chi connectivity index (χ4n) is 2.33. The number of nitrogens with zero attached hydrogens (tertiary/aromatic N) is 2. The van der Waals surface area contributed by atoms with E-state index >= 15 is 0 Å². The van der Waals surface area contributed by atoms with Gasteiger partial charge in [0.1, 0.15) is 17.3 Å². The molecular formula is C15H16N2O4. The van der Waals surface area contributed by atoms with E-state index < -0.39 is 12.1 Å². The highest BCUT2D eigenvalue weighted by atomic mass is 16.5. The number of hydrogen-bond acceptors (Lipinski definition) is 4. The van der Waals surface area contributed by atoms with Gasteiger partial charge in [-0.15, -0.1) is 0 Å². The number of aliphatic carboxylic acids is 1. The molecule has 0 amide bonds. The van der Waals surface area contributed by atoms with Gasteiger partial charge in [-0.25, -0.2) is 9.78 Å². The zero-order valence-electron chi connectivity index (χ0n) is 11.7. The number of hydrogen-bond donors (Lipinski definition) is 1. The number of ether oxygens (including phenoxy) is 2. The predicted molar refractivity (Wildman–Crippen MR) is 74.6 cm³/mol. The number of carbonyl (C=O) groups is 1. The third-order valence-electron chi connectivity index (χ3n) is 3.50. The van der Waals surface area contributed by atoms with Crippen molar-refractivity contribution in [2.75, 3.05) is 6.61 Å². The van der Waals surface area contributed by atoms with Gasteiger partial charge in [-0.2, -0.15) is 0 Å². The Morgan fingerprint density at radius 3 is 3.14 bits per heavy atom. The van der Waals surface area contributed by atoms with Gasteiger partial charge < -0.3 is 19.1 Å². The van der Waals surface area contributed by atoms with E-state index in [-0.39, 0.29) is 0 Å². The van der Waals surface area contributed by atoms with E-state index in [0.29, 0.717) is 30.9 Å². The van der Waals surface area contributed by atoms with Crippen molar-refractivity contribution in [1.82, 2.24) is 9.55 Å². The van der Waals surface area contributed by atoms with Gasteiger partial charge in [0, 0.05) is 38.3 Å². The molecule has 1 N–H and O–H groups in total. The third kappa shape index (κ3) is 2.84. The lowest BCUT2D eigenvalue weighted by Crippen LogP contribution is -2.24. The van der Waals surface area contributed by atoms with Crippen LogP contribution in [0, 0.1) is 0 Å². The first kappa shape index (κ1) is 13.5. The Balaban J connectivity index is 1.60. The van der Waals surface area contributed by atoms with Crippen LogP contribution in [0.4, 0.5) is 0 Å². The third-order valence-corrected chi connectivity index (χ3v) is 3.50. The van der Waals surface area contributed by atoms with Crippen LogP contribution in [-0.4, -0.2) is 33.3 Å². The Kier molecular flexibility index (Phi) is 3.51. The Morgan fingerprint density at radius 1 is 1.57 bits per heavy atom. The van der Waals surface area contributed by atoms with Gasteiger partial charge in [-0.05, 0) is 11.6 Å². The molecule has 0 aliphatic carbocycles. The Bertz CT molecular complexity index is 665. The quantitative estimate of drug-likeness (QED) is 0.901. The summed E-state index contributed by atoms with van der Waals surface area (Å²) >= 11 is 0. The molecule has 21 heavy (non-hydrogen) atoms. The zero-order chi connectivity index (χ0) is 14.8. The molecule has 6 heteroatoms. The van der Waals surface area contributed by atoms with Gasteiger partial charge >= 0.3 is 5.97 Å². The molecule has 0 fully saturated rings. The molecule has 1 aromatic heterocycles. The van der Waals surface area contributed by atoms with E-state index in [2.05, 4.69) is 4.98 Å². The molecule has 0 saturated heterocycles. The van der Waals surface area contributed by atoms with Crippen molar-refractivity contribution in [1.29, 1.82) is 0 Å². The van der Waals surface area contributed by atoms with Gasteiger partial charge in [-0.3, -0.25) is 0 Å². The summed E-state index contributed by atoms with van der Waals surface area (Å²) in [5, 5.41) is 8.96. The molecule has 1 aliphatic heterocycles. The molecule has 2 heterocycles. The van der Waals surface area contributed by atoms with Gasteiger partial charge in [0.25, 0.3) is 0 Å². The Labute approximate surface area is 121 Å². The molecule has 3 rings (SSSR count). The standard InChI is InChI=1S/C15H16N2O4/c1-17-6-5-16-14(17)4-7-20-11-3-2-10-8-13(15(18)19)21-12(10)9-11/h2-3,5-6,9,13H,4,7-8H2,1H3,(H,18,19). The summed E-state index contributed by atoms with van der Waals surface area (Å²) in [4.78, 5) is 15.2. The van der Waals surface area contributed by atoms with Crippen LogP contribution in [0.25, 0.3) is 0 Å². The Morgan fingerprint density at radius 2 is 2.43 bits per heavy atom. The number of rotatable bonds is 5. The van der Waals surface area contributed by atoms with Gasteiger partial charge in [0.05, 0.1) is 6.61 Å². The van der Waals surface area contributed by atoms with E-state index in [1.165, 1.54) is 0 Å². The zero-order valence-corrected chi connectivity index (χ0v) is 11.7. The summed E-state index contributed by atoms with van der Waals surface area (Å²) in [5.41, 5.74) is 0.902. The number of carboxylic acids is 1. The van der Waals surface area contributed by atoms with Crippen LogP contribution < -0.4 is 9.47 Å². The maximum atomic E-state index is 10.9. The molecule has 1 atom stereocenters. The molecule has 110 valence electrons. The summed E-state index contributed by atoms with van der Waals surface area (Å²) in [7, 11) is 1.94. The number of aryl methyl sites for hydroxylation is 1. The van der Waals surface area contributed by atoms with Crippen molar-refractivity contribution in [2.45, 2.75) is 18.9 Å². The molecule has 1 unspecified atom stereocenters. The van der Waals surface area contributed by atoms with Crippen molar-refractivity contribution in [3.05, 3.63) is 42.0 Å². The van der Waals surface area contributed by atoms with Crippen LogP contribution >= 0.6 is 0 Å². The fourth-order valence-corrected chi connectivity index (χ4v) is 2.33. The highest BCUT2D eigenvalue weighted by molar-refractivity contribution is 5.74. The lowest BCUT2D eigenvalue weighted by atomic mass is 10.1. The summed E-state index contributed by atoms with van der Waals surface area (Å²) < 4.78 is 13.0. The average molecular weight is 288 g/mol. The van der Waals surface area contributed by atoms with Gasteiger partial charge in [-0.1, -0.05) is 6.07 Å². The van der Waals surface area contributed by atoms with E-state index in [9.17, 15) is 4.79 Å².